The molecule has 6 nitrogen and oxygen atoms in total. The molecule has 0 radical (unpaired) electrons. The molecule has 26 heavy (non-hydrogen) atoms. The second-order valence-electron chi connectivity index (χ2n) is 6.10. The first-order valence-electron chi connectivity index (χ1n) is 7.92. The van der Waals surface area contributed by atoms with Crippen LogP contribution in [0.15, 0.2) is 24.4 Å². The van der Waals surface area contributed by atoms with E-state index in [2.05, 4.69) is 9.97 Å². The quantitative estimate of drug-likeness (QED) is 0.593. The van der Waals surface area contributed by atoms with Gasteiger partial charge in [0.2, 0.25) is 0 Å². The van der Waals surface area contributed by atoms with Crippen molar-refractivity contribution in [3.05, 3.63) is 45.7 Å². The maximum atomic E-state index is 12.3. The van der Waals surface area contributed by atoms with E-state index in [0.29, 0.717) is 50.0 Å². The molecule has 0 saturated heterocycles. The Balaban J connectivity index is 2.20. The van der Waals surface area contributed by atoms with Crippen molar-refractivity contribution in [2.45, 2.75) is 6.42 Å². The molecule has 3 rings (SSSR count). The van der Waals surface area contributed by atoms with Crippen molar-refractivity contribution in [3.8, 4) is 11.1 Å². The van der Waals surface area contributed by atoms with E-state index in [4.69, 9.17) is 28.9 Å². The van der Waals surface area contributed by atoms with Gasteiger partial charge in [-0.25, -0.2) is 4.98 Å². The predicted octanol–water partition coefficient (Wildman–Crippen LogP) is 3.36. The summed E-state index contributed by atoms with van der Waals surface area (Å²) in [6.45, 7) is -0.0589. The van der Waals surface area contributed by atoms with Crippen molar-refractivity contribution in [2.75, 3.05) is 26.4 Å². The molecule has 2 heterocycles. The Morgan fingerprint density at radius 2 is 2.08 bits per heavy atom. The Hall–Kier alpha value is -2.28. The number of pyridine rings is 1. The molecule has 0 spiro atoms. The number of carbonyl (C=O) groups is 1. The van der Waals surface area contributed by atoms with E-state index >= 15 is 0 Å². The normalized spacial score (nSPS) is 11.1. The minimum Gasteiger partial charge on any atom is -0.398 e. The number of nitrogen functional groups attached to an aromatic ring is 1. The monoisotopic (exact) mass is 392 g/mol. The molecular formula is C18H18Cl2N4O2. The van der Waals surface area contributed by atoms with Crippen molar-refractivity contribution < 1.29 is 9.90 Å². The van der Waals surface area contributed by atoms with Crippen LogP contribution in [0.5, 0.6) is 0 Å². The highest BCUT2D eigenvalue weighted by atomic mass is 35.5. The van der Waals surface area contributed by atoms with Gasteiger partial charge in [-0.15, -0.1) is 0 Å². The van der Waals surface area contributed by atoms with Crippen LogP contribution in [-0.4, -0.2) is 46.6 Å². The van der Waals surface area contributed by atoms with E-state index in [1.54, 1.807) is 38.5 Å². The summed E-state index contributed by atoms with van der Waals surface area (Å²) in [6.07, 6.45) is 1.98. The van der Waals surface area contributed by atoms with Crippen molar-refractivity contribution in [3.63, 3.8) is 0 Å². The van der Waals surface area contributed by atoms with Gasteiger partial charge in [0.15, 0.2) is 0 Å². The molecule has 0 atom stereocenters. The van der Waals surface area contributed by atoms with Gasteiger partial charge in [-0.3, -0.25) is 4.79 Å². The highest BCUT2D eigenvalue weighted by Crippen LogP contribution is 2.38. The van der Waals surface area contributed by atoms with Crippen LogP contribution in [0.3, 0.4) is 0 Å². The number of rotatable bonds is 4. The van der Waals surface area contributed by atoms with E-state index in [9.17, 15) is 9.90 Å². The predicted molar refractivity (Wildman–Crippen MR) is 105 cm³/mol. The fourth-order valence-corrected chi connectivity index (χ4v) is 3.49. The lowest BCUT2D eigenvalue weighted by molar-refractivity contribution is 0.0828. The van der Waals surface area contributed by atoms with Gasteiger partial charge in [-0.1, -0.05) is 29.3 Å². The number of nitrogens with one attached hydrogen (secondary N) is 1. The smallest absolute Gasteiger partial charge is 0.255 e. The molecule has 8 heteroatoms. The number of hydrogen-bond donors (Lipinski definition) is 3. The Bertz CT molecular complexity index is 999. The maximum Gasteiger partial charge on any atom is 0.255 e. The summed E-state index contributed by atoms with van der Waals surface area (Å²) in [5.41, 5.74) is 9.38. The number of nitrogens with two attached hydrogens (primary N) is 1. The summed E-state index contributed by atoms with van der Waals surface area (Å²) < 4.78 is 0. The number of hydrogen-bond acceptors (Lipinski definition) is 4. The Morgan fingerprint density at radius 3 is 2.73 bits per heavy atom. The lowest BCUT2D eigenvalue weighted by Crippen LogP contribution is -2.22. The van der Waals surface area contributed by atoms with E-state index in [0.717, 1.165) is 5.56 Å². The number of fused-ring (bicyclic) bond motifs is 1. The van der Waals surface area contributed by atoms with Crippen molar-refractivity contribution >= 4 is 45.8 Å². The number of aromatic amines is 1. The van der Waals surface area contributed by atoms with Gasteiger partial charge >= 0.3 is 0 Å². The minimum atomic E-state index is -0.194. The topological polar surface area (TPSA) is 95.2 Å². The molecule has 0 unspecified atom stereocenters. The number of aromatic nitrogens is 2. The number of aliphatic hydroxyl groups excluding tert-OH is 1. The van der Waals surface area contributed by atoms with Crippen LogP contribution < -0.4 is 5.73 Å². The summed E-state index contributed by atoms with van der Waals surface area (Å²) in [6, 6.07) is 5.16. The fraction of sp³-hybridized carbons (Fsp3) is 0.222. The number of nitrogens with zero attached hydrogens (tertiary/aromatic N) is 2. The SMILES string of the molecule is CN(C)C(=O)c1cc(-c2cnc3[nH]c(Cl)c(CCO)c3c2Cl)ccc1N. The van der Waals surface area contributed by atoms with Crippen LogP contribution in [0.25, 0.3) is 22.2 Å². The Labute approximate surface area is 160 Å². The van der Waals surface area contributed by atoms with Gasteiger partial charge in [0.1, 0.15) is 10.8 Å². The molecule has 136 valence electrons. The van der Waals surface area contributed by atoms with Crippen molar-refractivity contribution in [1.82, 2.24) is 14.9 Å². The van der Waals surface area contributed by atoms with Crippen LogP contribution >= 0.6 is 23.2 Å². The highest BCUT2D eigenvalue weighted by molar-refractivity contribution is 6.39. The molecule has 0 fully saturated rings. The third kappa shape index (κ3) is 3.11. The second kappa shape index (κ2) is 7.15. The number of halogens is 2. The first-order valence-corrected chi connectivity index (χ1v) is 8.67. The van der Waals surface area contributed by atoms with Crippen LogP contribution in [0.2, 0.25) is 10.2 Å². The molecule has 1 amide bonds. The third-order valence-electron chi connectivity index (χ3n) is 4.17. The van der Waals surface area contributed by atoms with Crippen LogP contribution in [0, 0.1) is 0 Å². The minimum absolute atomic E-state index is 0.0589. The van der Waals surface area contributed by atoms with Gasteiger partial charge in [0.25, 0.3) is 5.91 Å². The zero-order valence-corrected chi connectivity index (χ0v) is 15.8. The molecule has 3 aromatic rings. The maximum absolute atomic E-state index is 12.3. The zero-order chi connectivity index (χ0) is 19.0. The molecule has 2 aromatic heterocycles. The molecule has 0 aliphatic heterocycles. The summed E-state index contributed by atoms with van der Waals surface area (Å²) in [5, 5.41) is 10.8. The van der Waals surface area contributed by atoms with Crippen LogP contribution in [0.1, 0.15) is 15.9 Å². The lowest BCUT2D eigenvalue weighted by atomic mass is 10.0. The number of H-pyrrole nitrogens is 1. The molecule has 4 N–H and O–H groups in total. The van der Waals surface area contributed by atoms with E-state index in [1.165, 1.54) is 4.90 Å². The molecule has 0 aliphatic rings. The number of benzene rings is 1. The number of carbonyl (C=O) groups excluding carboxylic acids is 1. The van der Waals surface area contributed by atoms with Gasteiger partial charge in [-0.2, -0.15) is 0 Å². The van der Waals surface area contributed by atoms with E-state index in [-0.39, 0.29) is 12.5 Å². The standard InChI is InChI=1S/C18H18Cl2N4O2/c1-24(2)18(26)11-7-9(3-4-13(11)21)12-8-22-17-14(15(12)19)10(5-6-25)16(20)23-17/h3-4,7-8,25H,5-6,21H2,1-2H3,(H,22,23). The van der Waals surface area contributed by atoms with E-state index in [1.807, 2.05) is 0 Å². The van der Waals surface area contributed by atoms with Gasteiger partial charge in [0.05, 0.1) is 10.6 Å². The van der Waals surface area contributed by atoms with Gasteiger partial charge in [-0.05, 0) is 24.1 Å². The Kier molecular flexibility index (Phi) is 5.09. The second-order valence-corrected chi connectivity index (χ2v) is 6.86. The van der Waals surface area contributed by atoms with Crippen molar-refractivity contribution in [1.29, 1.82) is 0 Å². The summed E-state index contributed by atoms with van der Waals surface area (Å²) in [5.74, 6) is -0.194. The van der Waals surface area contributed by atoms with Gasteiger partial charge < -0.3 is 20.7 Å². The Morgan fingerprint density at radius 1 is 1.35 bits per heavy atom. The largest absolute Gasteiger partial charge is 0.398 e. The summed E-state index contributed by atoms with van der Waals surface area (Å²) in [4.78, 5) is 21.1. The first kappa shape index (κ1) is 18.5. The lowest BCUT2D eigenvalue weighted by Gasteiger charge is -2.14. The van der Waals surface area contributed by atoms with Crippen molar-refractivity contribution in [2.24, 2.45) is 0 Å². The summed E-state index contributed by atoms with van der Waals surface area (Å²) in [7, 11) is 3.33. The summed E-state index contributed by atoms with van der Waals surface area (Å²) >= 11 is 12.8. The van der Waals surface area contributed by atoms with Gasteiger partial charge in [0, 0.05) is 49.1 Å². The number of amides is 1. The molecule has 1 aromatic carbocycles. The number of aliphatic hydroxyl groups is 1. The van der Waals surface area contributed by atoms with Crippen LogP contribution in [0.4, 0.5) is 5.69 Å². The molecule has 0 saturated carbocycles. The first-order chi connectivity index (χ1) is 12.3. The van der Waals surface area contributed by atoms with E-state index < -0.39 is 0 Å². The molecule has 0 bridgehead atoms. The zero-order valence-electron chi connectivity index (χ0n) is 14.3. The third-order valence-corrected chi connectivity index (χ3v) is 4.89. The van der Waals surface area contributed by atoms with Crippen LogP contribution in [-0.2, 0) is 6.42 Å². The number of anilines is 1. The molecule has 0 aliphatic carbocycles. The highest BCUT2D eigenvalue weighted by Gasteiger charge is 2.19. The molecular weight excluding hydrogens is 375 g/mol. The fourth-order valence-electron chi connectivity index (χ4n) is 2.85. The average molecular weight is 393 g/mol. The average Bonchev–Trinajstić information content (AvgIpc) is 2.92.